The summed E-state index contributed by atoms with van der Waals surface area (Å²) in [5, 5.41) is 6.95. The monoisotopic (exact) mass is 859 g/mol. The van der Waals surface area contributed by atoms with Crippen LogP contribution in [-0.4, -0.2) is 93.5 Å². The van der Waals surface area contributed by atoms with Crippen LogP contribution in [-0.2, 0) is 9.47 Å². The first kappa shape index (κ1) is 44.3. The SMILES string of the molecule is CNC(=O)OC1(CNc2nc(OC[C@@]34CCCN3C[C@H](F)C4)nc3c(C)c(-c4cc(OCOC)cc5ccc(F)c(C#C[Si](C(C)C)(C(C)C)C(C)C)c45)oc(=O)c23)CCC1. The summed E-state index contributed by atoms with van der Waals surface area (Å²) in [5.41, 5.74) is 3.85. The predicted molar refractivity (Wildman–Crippen MR) is 235 cm³/mol. The number of nitrogens with zero attached hydrogens (tertiary/aromatic N) is 3. The highest BCUT2D eigenvalue weighted by Crippen LogP contribution is 2.44. The quantitative estimate of drug-likeness (QED) is 0.0714. The van der Waals surface area contributed by atoms with Crippen molar-refractivity contribution in [3.63, 3.8) is 0 Å². The lowest BCUT2D eigenvalue weighted by molar-refractivity contribution is -0.0359. The van der Waals surface area contributed by atoms with Crippen molar-refractivity contribution >= 4 is 41.7 Å². The number of alkyl halides is 1. The molecule has 0 unspecified atom stereocenters. The Bertz CT molecular complexity index is 2410. The summed E-state index contributed by atoms with van der Waals surface area (Å²) >= 11 is 0. The van der Waals surface area contributed by atoms with E-state index in [9.17, 15) is 14.0 Å². The largest absolute Gasteiger partial charge is 0.468 e. The molecule has 15 heteroatoms. The van der Waals surface area contributed by atoms with Crippen LogP contribution in [0.4, 0.5) is 19.4 Å². The minimum absolute atomic E-state index is 0.00921. The number of carbonyl (C=O) groups excluding carboxylic acids is 1. The Kier molecular flexibility index (Phi) is 12.7. The molecule has 0 bridgehead atoms. The van der Waals surface area contributed by atoms with Gasteiger partial charge in [0.25, 0.3) is 0 Å². The van der Waals surface area contributed by atoms with Gasteiger partial charge in [0.15, 0.2) is 6.79 Å². The van der Waals surface area contributed by atoms with Crippen molar-refractivity contribution < 1.29 is 36.9 Å². The number of ether oxygens (including phenoxy) is 4. The molecule has 61 heavy (non-hydrogen) atoms. The minimum Gasteiger partial charge on any atom is -0.468 e. The maximum absolute atomic E-state index is 16.3. The fraction of sp³-hybridized carbons (Fsp3) is 0.565. The first-order chi connectivity index (χ1) is 29.1. The lowest BCUT2D eigenvalue weighted by Crippen LogP contribution is -2.49. The number of anilines is 1. The summed E-state index contributed by atoms with van der Waals surface area (Å²) in [6.07, 6.45) is 2.65. The molecule has 1 aliphatic carbocycles. The lowest BCUT2D eigenvalue weighted by atomic mass is 9.80. The second-order valence-corrected chi connectivity index (χ2v) is 23.6. The topological polar surface area (TPSA) is 137 Å². The highest BCUT2D eigenvalue weighted by atomic mass is 28.3. The molecule has 2 aromatic heterocycles. The van der Waals surface area contributed by atoms with Crippen molar-refractivity contribution in [1.82, 2.24) is 20.2 Å². The van der Waals surface area contributed by atoms with E-state index in [-0.39, 0.29) is 54.0 Å². The van der Waals surface area contributed by atoms with Crippen LogP contribution in [0.1, 0.15) is 91.2 Å². The Morgan fingerprint density at radius 2 is 1.79 bits per heavy atom. The summed E-state index contributed by atoms with van der Waals surface area (Å²) in [6, 6.07) is 6.55. The smallest absolute Gasteiger partial charge is 0.407 e. The van der Waals surface area contributed by atoms with Gasteiger partial charge in [-0.2, -0.15) is 9.97 Å². The number of halogens is 2. The van der Waals surface area contributed by atoms with Crippen molar-refractivity contribution in [3.05, 3.63) is 51.6 Å². The zero-order valence-corrected chi connectivity index (χ0v) is 37.9. The standard InChI is InChI=1S/C46H59F2N5O7Si/c1-27(2)61(28(3)4,29(5)6)19-14-34-36(48)13-12-31-20-33(58-26-56-9)21-35(37(31)34)40-30(7)39-38(42(54)59-40)41(50-24-46(16-10-17-46)60-44(55)49-8)52-43(51-39)57-25-45-15-11-18-53(45)23-32(47)22-45/h12-13,20-21,27-29,32H,10-11,15-18,22-26H2,1-9H3,(H,49,55)(H,50,51,52)/t32-,45+/m1/s1. The molecule has 2 aromatic carbocycles. The maximum Gasteiger partial charge on any atom is 0.407 e. The number of aryl methyl sites for hydroxylation is 1. The molecule has 4 heterocycles. The molecule has 2 N–H and O–H groups in total. The molecule has 2 atom stereocenters. The molecule has 3 aliphatic rings. The summed E-state index contributed by atoms with van der Waals surface area (Å²) in [5.74, 6) is 3.55. The number of alkyl carbamates (subject to hydrolysis) is 1. The fourth-order valence-corrected chi connectivity index (χ4v) is 15.4. The zero-order chi connectivity index (χ0) is 43.9. The van der Waals surface area contributed by atoms with Gasteiger partial charge in [0.2, 0.25) is 0 Å². The molecule has 7 rings (SSSR count). The Morgan fingerprint density at radius 3 is 2.44 bits per heavy atom. The molecular weight excluding hydrogens is 801 g/mol. The highest BCUT2D eigenvalue weighted by Gasteiger charge is 2.49. The highest BCUT2D eigenvalue weighted by molar-refractivity contribution is 6.90. The molecule has 2 saturated heterocycles. The number of amides is 1. The van der Waals surface area contributed by atoms with Gasteiger partial charge in [-0.15, -0.1) is 5.54 Å². The van der Waals surface area contributed by atoms with Crippen LogP contribution in [0.15, 0.2) is 33.5 Å². The van der Waals surface area contributed by atoms with E-state index in [1.807, 2.05) is 0 Å². The molecule has 0 spiro atoms. The van der Waals surface area contributed by atoms with Crippen LogP contribution in [0, 0.1) is 24.2 Å². The van der Waals surface area contributed by atoms with Crippen molar-refractivity contribution in [2.24, 2.45) is 0 Å². The van der Waals surface area contributed by atoms with Gasteiger partial charge in [0.05, 0.1) is 23.2 Å². The van der Waals surface area contributed by atoms with Gasteiger partial charge in [0.1, 0.15) is 55.0 Å². The summed E-state index contributed by atoms with van der Waals surface area (Å²) in [6.45, 7) is 16.4. The second kappa shape index (κ2) is 17.5. The average molecular weight is 860 g/mol. The van der Waals surface area contributed by atoms with E-state index < -0.39 is 42.9 Å². The Hall–Kier alpha value is -4.78. The number of rotatable bonds is 14. The van der Waals surface area contributed by atoms with Gasteiger partial charge in [-0.05, 0) is 85.8 Å². The lowest BCUT2D eigenvalue weighted by Gasteiger charge is -2.40. The summed E-state index contributed by atoms with van der Waals surface area (Å²) < 4.78 is 60.7. The third kappa shape index (κ3) is 8.31. The van der Waals surface area contributed by atoms with Gasteiger partial charge >= 0.3 is 17.7 Å². The number of methoxy groups -OCH3 is 1. The van der Waals surface area contributed by atoms with Gasteiger partial charge < -0.3 is 34.0 Å². The second-order valence-electron chi connectivity index (χ2n) is 18.0. The van der Waals surface area contributed by atoms with Crippen molar-refractivity contribution in [2.45, 2.75) is 121 Å². The predicted octanol–water partition coefficient (Wildman–Crippen LogP) is 9.05. The van der Waals surface area contributed by atoms with Crippen molar-refractivity contribution in [2.75, 3.05) is 52.5 Å². The van der Waals surface area contributed by atoms with Crippen LogP contribution < -0.4 is 25.7 Å². The van der Waals surface area contributed by atoms with Gasteiger partial charge in [-0.1, -0.05) is 53.5 Å². The summed E-state index contributed by atoms with van der Waals surface area (Å²) in [4.78, 5) is 38.5. The van der Waals surface area contributed by atoms with Crippen LogP contribution >= 0.6 is 0 Å². The molecule has 0 radical (unpaired) electrons. The Morgan fingerprint density at radius 1 is 1.05 bits per heavy atom. The maximum atomic E-state index is 16.3. The van der Waals surface area contributed by atoms with Crippen LogP contribution in [0.3, 0.4) is 0 Å². The van der Waals surface area contributed by atoms with Gasteiger partial charge in [-0.3, -0.25) is 4.90 Å². The first-order valence-electron chi connectivity index (χ1n) is 21.5. The first-order valence-corrected chi connectivity index (χ1v) is 23.7. The number of benzene rings is 2. The van der Waals surface area contributed by atoms with E-state index in [4.69, 9.17) is 33.3 Å². The Balaban J connectivity index is 1.43. The van der Waals surface area contributed by atoms with E-state index >= 15 is 4.39 Å². The van der Waals surface area contributed by atoms with Gasteiger partial charge in [0, 0.05) is 43.6 Å². The van der Waals surface area contributed by atoms with Crippen LogP contribution in [0.2, 0.25) is 16.6 Å². The molecular formula is C46H59F2N5O7Si. The van der Waals surface area contributed by atoms with Crippen LogP contribution in [0.5, 0.6) is 11.8 Å². The van der Waals surface area contributed by atoms with Crippen LogP contribution in [0.25, 0.3) is 33.0 Å². The third-order valence-corrected chi connectivity index (χ3v) is 19.8. The number of fused-ring (bicyclic) bond motifs is 3. The van der Waals surface area contributed by atoms with E-state index in [2.05, 4.69) is 68.5 Å². The number of hydrogen-bond donors (Lipinski definition) is 2. The van der Waals surface area contributed by atoms with Crippen molar-refractivity contribution in [1.29, 1.82) is 0 Å². The average Bonchev–Trinajstić information content (AvgIpc) is 3.74. The Labute approximate surface area is 357 Å². The molecule has 4 aromatic rings. The molecule has 328 valence electrons. The zero-order valence-electron chi connectivity index (χ0n) is 36.9. The normalized spacial score (nSPS) is 19.9. The van der Waals surface area contributed by atoms with E-state index in [0.717, 1.165) is 25.8 Å². The minimum atomic E-state index is -2.31. The van der Waals surface area contributed by atoms with Crippen molar-refractivity contribution in [3.8, 4) is 34.5 Å². The molecule has 1 amide bonds. The number of hydrogen-bond acceptors (Lipinski definition) is 11. The number of aromatic nitrogens is 2. The van der Waals surface area contributed by atoms with E-state index in [1.54, 1.807) is 25.1 Å². The fourth-order valence-electron chi connectivity index (χ4n) is 10.2. The molecule has 12 nitrogen and oxygen atoms in total. The molecule has 1 saturated carbocycles. The molecule has 3 fully saturated rings. The number of carbonyl (C=O) groups is 1. The summed E-state index contributed by atoms with van der Waals surface area (Å²) in [7, 11) is 0.703. The van der Waals surface area contributed by atoms with Gasteiger partial charge in [-0.25, -0.2) is 18.4 Å². The third-order valence-electron chi connectivity index (χ3n) is 13.5. The van der Waals surface area contributed by atoms with E-state index in [0.29, 0.717) is 70.1 Å². The number of nitrogens with one attached hydrogen (secondary N) is 2. The molecule has 2 aliphatic heterocycles. The van der Waals surface area contributed by atoms with E-state index in [1.165, 1.54) is 20.2 Å².